The van der Waals surface area contributed by atoms with Gasteiger partial charge in [0.05, 0.1) is 12.0 Å². The average Bonchev–Trinajstić information content (AvgIpc) is 2.64. The third kappa shape index (κ3) is 2.77. The highest BCUT2D eigenvalue weighted by atomic mass is 16.5. The number of nitrogens with zero attached hydrogens (tertiary/aromatic N) is 1. The van der Waals surface area contributed by atoms with Gasteiger partial charge in [0.1, 0.15) is 6.54 Å². The second kappa shape index (κ2) is 6.21. The second-order valence-electron chi connectivity index (χ2n) is 5.91. The number of benzene rings is 1. The summed E-state index contributed by atoms with van der Waals surface area (Å²) in [7, 11) is 0. The minimum atomic E-state index is 0.122. The smallest absolute Gasteiger partial charge is 0.293 e. The first-order chi connectivity index (χ1) is 9.59. The van der Waals surface area contributed by atoms with E-state index in [1.807, 2.05) is 0 Å². The van der Waals surface area contributed by atoms with E-state index in [1.54, 1.807) is 0 Å². The number of hydrogen-bond donors (Lipinski definition) is 0. The van der Waals surface area contributed by atoms with Crippen LogP contribution in [0.3, 0.4) is 0 Å². The van der Waals surface area contributed by atoms with Crippen LogP contribution in [-0.4, -0.2) is 29.9 Å². The fourth-order valence-corrected chi connectivity index (χ4v) is 2.92. The average molecular weight is 274 g/mol. The molecule has 1 aromatic carbocycles. The highest BCUT2D eigenvalue weighted by Gasteiger charge is 2.42. The van der Waals surface area contributed by atoms with E-state index in [9.17, 15) is 4.79 Å². The molecule has 1 heterocycles. The molecule has 0 aromatic heterocycles. The molecule has 0 saturated heterocycles. The lowest BCUT2D eigenvalue weighted by atomic mass is 9.82. The molecule has 3 heteroatoms. The lowest BCUT2D eigenvalue weighted by Gasteiger charge is -2.14. The molecule has 0 bridgehead atoms. The molecule has 20 heavy (non-hydrogen) atoms. The first-order valence-corrected chi connectivity index (χ1v) is 7.35. The van der Waals surface area contributed by atoms with Gasteiger partial charge in [0.15, 0.2) is 5.71 Å². The van der Waals surface area contributed by atoms with E-state index in [4.69, 9.17) is 4.74 Å². The third-order valence-electron chi connectivity index (χ3n) is 4.39. The van der Waals surface area contributed by atoms with Crippen molar-refractivity contribution in [1.82, 2.24) is 0 Å². The summed E-state index contributed by atoms with van der Waals surface area (Å²) in [5, 5.41) is 0. The number of unbranched alkanes of at least 4 members (excludes halogenated alkanes) is 2. The Morgan fingerprint density at radius 1 is 1.20 bits per heavy atom. The van der Waals surface area contributed by atoms with Crippen LogP contribution in [0.5, 0.6) is 0 Å². The van der Waals surface area contributed by atoms with Crippen LogP contribution < -0.4 is 0 Å². The van der Waals surface area contributed by atoms with Crippen molar-refractivity contribution in [3.63, 3.8) is 0 Å². The van der Waals surface area contributed by atoms with Gasteiger partial charge in [-0.25, -0.2) is 0 Å². The summed E-state index contributed by atoms with van der Waals surface area (Å²) < 4.78 is 7.16. The first-order valence-electron chi connectivity index (χ1n) is 7.35. The van der Waals surface area contributed by atoms with Gasteiger partial charge in [-0.15, -0.1) is 0 Å². The Hall–Kier alpha value is -1.64. The van der Waals surface area contributed by atoms with E-state index in [0.29, 0.717) is 13.1 Å². The molecule has 0 fully saturated rings. The molecule has 1 aliphatic rings. The largest absolute Gasteiger partial charge is 0.468 e. The zero-order valence-corrected chi connectivity index (χ0v) is 12.7. The van der Waals surface area contributed by atoms with Gasteiger partial charge in [-0.3, -0.25) is 4.79 Å². The van der Waals surface area contributed by atoms with Crippen molar-refractivity contribution in [2.24, 2.45) is 0 Å². The topological polar surface area (TPSA) is 29.3 Å². The van der Waals surface area contributed by atoms with Crippen LogP contribution in [0.2, 0.25) is 0 Å². The maximum Gasteiger partial charge on any atom is 0.293 e. The van der Waals surface area contributed by atoms with Crippen molar-refractivity contribution in [3.8, 4) is 0 Å². The van der Waals surface area contributed by atoms with Crippen LogP contribution in [0.15, 0.2) is 24.3 Å². The van der Waals surface area contributed by atoms with Gasteiger partial charge in [-0.05, 0) is 26.7 Å². The molecule has 0 unspecified atom stereocenters. The Morgan fingerprint density at radius 3 is 2.70 bits per heavy atom. The molecule has 0 aliphatic carbocycles. The number of carbonyl (C=O) groups excluding carboxylic acids is 1. The lowest BCUT2D eigenvalue weighted by Crippen LogP contribution is -2.26. The van der Waals surface area contributed by atoms with E-state index < -0.39 is 0 Å². The lowest BCUT2D eigenvalue weighted by molar-refractivity contribution is -0.439. The standard InChI is InChI=1S/C17H24NO2/c1-14-17(2,3)15-9-5-6-10-16(15)18(14)11-7-4-8-12-20-13-19/h5-6,9-10,13H,4,7-8,11-12H2,1-3H3/q+1. The number of fused-ring (bicyclic) bond motifs is 1. The summed E-state index contributed by atoms with van der Waals surface area (Å²) in [5.41, 5.74) is 4.31. The second-order valence-corrected chi connectivity index (χ2v) is 5.91. The summed E-state index contributed by atoms with van der Waals surface area (Å²) in [5.74, 6) is 0. The molecule has 1 aromatic rings. The van der Waals surface area contributed by atoms with Gasteiger partial charge >= 0.3 is 0 Å². The maximum absolute atomic E-state index is 10.1. The predicted octanol–water partition coefficient (Wildman–Crippen LogP) is 3.43. The van der Waals surface area contributed by atoms with Gasteiger partial charge in [0.25, 0.3) is 6.47 Å². The molecule has 0 saturated carbocycles. The van der Waals surface area contributed by atoms with E-state index in [1.165, 1.54) is 17.0 Å². The fraction of sp³-hybridized carbons (Fsp3) is 0.529. The van der Waals surface area contributed by atoms with E-state index in [0.717, 1.165) is 25.8 Å². The van der Waals surface area contributed by atoms with Crippen LogP contribution in [0.25, 0.3) is 0 Å². The van der Waals surface area contributed by atoms with Gasteiger partial charge in [0, 0.05) is 25.0 Å². The summed E-state index contributed by atoms with van der Waals surface area (Å²) in [4.78, 5) is 10.1. The Kier molecular flexibility index (Phi) is 4.58. The Bertz CT molecular complexity index is 517. The Labute approximate surface area is 121 Å². The maximum atomic E-state index is 10.1. The zero-order valence-electron chi connectivity index (χ0n) is 12.7. The summed E-state index contributed by atoms with van der Waals surface area (Å²) in [6.45, 7) is 8.91. The number of ether oxygens (including phenoxy) is 1. The van der Waals surface area contributed by atoms with Gasteiger partial charge < -0.3 is 4.74 Å². The molecule has 3 nitrogen and oxygen atoms in total. The molecule has 0 radical (unpaired) electrons. The number of hydrogen-bond acceptors (Lipinski definition) is 2. The van der Waals surface area contributed by atoms with E-state index >= 15 is 0 Å². The van der Waals surface area contributed by atoms with Crippen molar-refractivity contribution in [2.75, 3.05) is 13.2 Å². The molecule has 1 aliphatic heterocycles. The molecule has 108 valence electrons. The number of para-hydroxylation sites is 1. The zero-order chi connectivity index (χ0) is 14.6. The van der Waals surface area contributed by atoms with Gasteiger partial charge in [-0.2, -0.15) is 4.58 Å². The minimum Gasteiger partial charge on any atom is -0.468 e. The van der Waals surface area contributed by atoms with E-state index in [2.05, 4.69) is 49.6 Å². The highest BCUT2D eigenvalue weighted by Crippen LogP contribution is 2.39. The monoisotopic (exact) mass is 274 g/mol. The van der Waals surface area contributed by atoms with Crippen molar-refractivity contribution in [3.05, 3.63) is 29.8 Å². The van der Waals surface area contributed by atoms with Crippen LogP contribution in [-0.2, 0) is 14.9 Å². The SMILES string of the molecule is CC1=[N+](CCCCCOC=O)c2ccccc2C1(C)C. The molecule has 0 N–H and O–H groups in total. The number of carbonyl (C=O) groups is 1. The van der Waals surface area contributed by atoms with Crippen LogP contribution >= 0.6 is 0 Å². The Balaban J connectivity index is 2.00. The first kappa shape index (κ1) is 14.8. The minimum absolute atomic E-state index is 0.122. The molecule has 0 spiro atoms. The van der Waals surface area contributed by atoms with Gasteiger partial charge in [-0.1, -0.05) is 18.2 Å². The summed E-state index contributed by atoms with van der Waals surface area (Å²) >= 11 is 0. The third-order valence-corrected chi connectivity index (χ3v) is 4.39. The molecule has 0 amide bonds. The van der Waals surface area contributed by atoms with Crippen LogP contribution in [0, 0.1) is 0 Å². The van der Waals surface area contributed by atoms with Crippen LogP contribution in [0.1, 0.15) is 45.6 Å². The molecule has 0 atom stereocenters. The highest BCUT2D eigenvalue weighted by molar-refractivity contribution is 5.93. The normalized spacial score (nSPS) is 16.1. The fourth-order valence-electron chi connectivity index (χ4n) is 2.92. The van der Waals surface area contributed by atoms with Gasteiger partial charge in [0.2, 0.25) is 5.69 Å². The van der Waals surface area contributed by atoms with Crippen molar-refractivity contribution < 1.29 is 14.1 Å². The number of rotatable bonds is 7. The van der Waals surface area contributed by atoms with Crippen molar-refractivity contribution >= 4 is 17.9 Å². The predicted molar refractivity (Wildman–Crippen MR) is 80.8 cm³/mol. The molecular formula is C17H24NO2+. The summed E-state index contributed by atoms with van der Waals surface area (Å²) in [6.07, 6.45) is 3.14. The molecular weight excluding hydrogens is 250 g/mol. The Morgan fingerprint density at radius 2 is 1.95 bits per heavy atom. The quantitative estimate of drug-likeness (QED) is 0.433. The van der Waals surface area contributed by atoms with Crippen molar-refractivity contribution in [2.45, 2.75) is 45.4 Å². The van der Waals surface area contributed by atoms with Crippen LogP contribution in [0.4, 0.5) is 5.69 Å². The summed E-state index contributed by atoms with van der Waals surface area (Å²) in [6, 6.07) is 8.67. The molecule has 2 rings (SSSR count). The van der Waals surface area contributed by atoms with E-state index in [-0.39, 0.29) is 5.41 Å². The van der Waals surface area contributed by atoms with Crippen molar-refractivity contribution in [1.29, 1.82) is 0 Å².